The van der Waals surface area contributed by atoms with Crippen LogP contribution >= 0.6 is 0 Å². The number of fused-ring (bicyclic) bond motifs is 1. The van der Waals surface area contributed by atoms with Crippen LogP contribution in [0.5, 0.6) is 0 Å². The molecular formula is C25H28N2O4. The average Bonchev–Trinajstić information content (AvgIpc) is 2.93. The van der Waals surface area contributed by atoms with Gasteiger partial charge in [0.25, 0.3) is 5.91 Å². The zero-order valence-corrected chi connectivity index (χ0v) is 18.6. The molecule has 1 atom stereocenters. The first kappa shape index (κ1) is 22.3. The van der Waals surface area contributed by atoms with Gasteiger partial charge >= 0.3 is 5.97 Å². The summed E-state index contributed by atoms with van der Waals surface area (Å²) >= 11 is 0. The van der Waals surface area contributed by atoms with Crippen molar-refractivity contribution in [2.45, 2.75) is 39.2 Å². The van der Waals surface area contributed by atoms with E-state index in [0.717, 1.165) is 22.5 Å². The summed E-state index contributed by atoms with van der Waals surface area (Å²) in [5, 5.41) is 2.60. The Kier molecular flexibility index (Phi) is 6.29. The summed E-state index contributed by atoms with van der Waals surface area (Å²) in [6, 6.07) is 14.2. The number of ketones is 1. The maximum absolute atomic E-state index is 12.5. The fourth-order valence-corrected chi connectivity index (χ4v) is 3.85. The fourth-order valence-electron chi connectivity index (χ4n) is 3.85. The van der Waals surface area contributed by atoms with Gasteiger partial charge in [-0.05, 0) is 37.6 Å². The third kappa shape index (κ3) is 4.68. The van der Waals surface area contributed by atoms with Gasteiger partial charge in [0.15, 0.2) is 12.4 Å². The van der Waals surface area contributed by atoms with Gasteiger partial charge in [-0.15, -0.1) is 0 Å². The molecule has 0 saturated heterocycles. The minimum absolute atomic E-state index is 0.312. The van der Waals surface area contributed by atoms with Crippen molar-refractivity contribution in [3.63, 3.8) is 0 Å². The summed E-state index contributed by atoms with van der Waals surface area (Å²) in [6.45, 7) is 7.15. The Morgan fingerprint density at radius 3 is 2.52 bits per heavy atom. The van der Waals surface area contributed by atoms with Crippen LogP contribution < -0.4 is 10.2 Å². The summed E-state index contributed by atoms with van der Waals surface area (Å²) in [4.78, 5) is 39.1. The van der Waals surface area contributed by atoms with Gasteiger partial charge in [-0.1, -0.05) is 49.7 Å². The van der Waals surface area contributed by atoms with Crippen molar-refractivity contribution >= 4 is 23.3 Å². The van der Waals surface area contributed by atoms with E-state index in [1.54, 1.807) is 18.2 Å². The lowest BCUT2D eigenvalue weighted by molar-refractivity contribution is -0.148. The highest BCUT2D eigenvalue weighted by Gasteiger charge is 2.38. The highest BCUT2D eigenvalue weighted by Crippen LogP contribution is 2.46. The molecule has 2 aromatic carbocycles. The lowest BCUT2D eigenvalue weighted by Gasteiger charge is -2.24. The number of ether oxygens (including phenoxy) is 1. The monoisotopic (exact) mass is 420 g/mol. The van der Waals surface area contributed by atoms with Crippen LogP contribution in [0.4, 0.5) is 5.69 Å². The predicted octanol–water partition coefficient (Wildman–Crippen LogP) is 3.54. The van der Waals surface area contributed by atoms with E-state index in [9.17, 15) is 14.4 Å². The molecule has 0 spiro atoms. The zero-order chi connectivity index (χ0) is 22.8. The Balaban J connectivity index is 1.59. The van der Waals surface area contributed by atoms with Gasteiger partial charge in [0.2, 0.25) is 0 Å². The second kappa shape index (κ2) is 8.76. The molecule has 0 fully saturated rings. The quantitative estimate of drug-likeness (QED) is 0.572. The molecule has 162 valence electrons. The van der Waals surface area contributed by atoms with Crippen molar-refractivity contribution in [1.82, 2.24) is 5.32 Å². The largest absolute Gasteiger partial charge is 0.456 e. The van der Waals surface area contributed by atoms with E-state index in [0.29, 0.717) is 5.56 Å². The molecule has 1 N–H and O–H groups in total. The van der Waals surface area contributed by atoms with Gasteiger partial charge in [-0.2, -0.15) is 0 Å². The van der Waals surface area contributed by atoms with E-state index >= 15 is 0 Å². The Bertz CT molecular complexity index is 1050. The van der Waals surface area contributed by atoms with Crippen molar-refractivity contribution in [3.8, 4) is 0 Å². The number of carbonyl (C=O) groups excluding carboxylic acids is 3. The van der Waals surface area contributed by atoms with Crippen LogP contribution in [-0.4, -0.2) is 37.4 Å². The van der Waals surface area contributed by atoms with E-state index < -0.39 is 12.0 Å². The van der Waals surface area contributed by atoms with Gasteiger partial charge in [0.1, 0.15) is 6.04 Å². The van der Waals surface area contributed by atoms with Crippen molar-refractivity contribution in [2.75, 3.05) is 18.6 Å². The summed E-state index contributed by atoms with van der Waals surface area (Å²) in [7, 11) is 1.92. The third-order valence-electron chi connectivity index (χ3n) is 5.58. The first-order valence-electron chi connectivity index (χ1n) is 10.2. The zero-order valence-electron chi connectivity index (χ0n) is 18.6. The maximum Gasteiger partial charge on any atom is 0.328 e. The number of benzene rings is 2. The average molecular weight is 421 g/mol. The molecule has 6 nitrogen and oxygen atoms in total. The summed E-state index contributed by atoms with van der Waals surface area (Å²) in [5.74, 6) is -1.34. The van der Waals surface area contributed by atoms with Crippen LogP contribution in [0.15, 0.2) is 60.3 Å². The van der Waals surface area contributed by atoms with Crippen molar-refractivity contribution in [1.29, 1.82) is 0 Å². The molecule has 0 aromatic heterocycles. The van der Waals surface area contributed by atoms with Crippen molar-refractivity contribution in [2.24, 2.45) is 0 Å². The number of hydrogen-bond donors (Lipinski definition) is 1. The second-order valence-corrected chi connectivity index (χ2v) is 8.37. The van der Waals surface area contributed by atoms with Gasteiger partial charge in [-0.25, -0.2) is 4.79 Å². The maximum atomic E-state index is 12.5. The van der Waals surface area contributed by atoms with Crippen LogP contribution in [0.3, 0.4) is 0 Å². The molecule has 31 heavy (non-hydrogen) atoms. The van der Waals surface area contributed by atoms with Gasteiger partial charge in [-0.3, -0.25) is 9.59 Å². The summed E-state index contributed by atoms with van der Waals surface area (Å²) < 4.78 is 5.15. The molecule has 1 aliphatic heterocycles. The van der Waals surface area contributed by atoms with E-state index in [4.69, 9.17) is 4.74 Å². The molecule has 1 heterocycles. The lowest BCUT2D eigenvalue weighted by Crippen LogP contribution is -2.40. The number of nitrogens with one attached hydrogen (secondary N) is 1. The predicted molar refractivity (Wildman–Crippen MR) is 120 cm³/mol. The molecule has 2 aromatic rings. The number of esters is 1. The SMILES string of the molecule is Cc1cccc(C(=O)NC(C)C(=O)OCC(=O)C=C2N(C)c3ccccc3C2(C)C)c1. The van der Waals surface area contributed by atoms with Crippen LogP contribution in [0.2, 0.25) is 0 Å². The summed E-state index contributed by atoms with van der Waals surface area (Å²) in [5.41, 5.74) is 4.11. The van der Waals surface area contributed by atoms with Gasteiger partial charge in [0, 0.05) is 35.5 Å². The Hall–Kier alpha value is -3.41. The standard InChI is InChI=1S/C25H28N2O4/c1-16-9-8-10-18(13-16)23(29)26-17(2)24(30)31-15-19(28)14-22-25(3,4)20-11-6-7-12-21(20)27(22)5/h6-14,17H,15H2,1-5H3,(H,26,29). The molecular weight excluding hydrogens is 392 g/mol. The molecule has 6 heteroatoms. The normalized spacial score (nSPS) is 16.5. The first-order chi connectivity index (χ1) is 14.6. The topological polar surface area (TPSA) is 75.7 Å². The van der Waals surface area contributed by atoms with Crippen molar-refractivity contribution in [3.05, 3.63) is 77.0 Å². The molecule has 0 saturated carbocycles. The van der Waals surface area contributed by atoms with Crippen LogP contribution in [0.25, 0.3) is 0 Å². The number of nitrogens with zero attached hydrogens (tertiary/aromatic N) is 1. The number of hydrogen-bond acceptors (Lipinski definition) is 5. The van der Waals surface area contributed by atoms with Crippen LogP contribution in [0, 0.1) is 6.92 Å². The number of allylic oxidation sites excluding steroid dienone is 1. The number of amides is 1. The van der Waals surface area contributed by atoms with Gasteiger partial charge in [0.05, 0.1) is 0 Å². The van der Waals surface area contributed by atoms with Crippen LogP contribution in [0.1, 0.15) is 42.3 Å². The smallest absolute Gasteiger partial charge is 0.328 e. The number of likely N-dealkylation sites (N-methyl/N-ethyl adjacent to an activating group) is 1. The van der Waals surface area contributed by atoms with Gasteiger partial charge < -0.3 is 15.0 Å². The minimum Gasteiger partial charge on any atom is -0.456 e. The molecule has 0 bridgehead atoms. The molecule has 1 aliphatic rings. The molecule has 1 amide bonds. The number of rotatable bonds is 6. The second-order valence-electron chi connectivity index (χ2n) is 8.37. The highest BCUT2D eigenvalue weighted by atomic mass is 16.5. The minimum atomic E-state index is -0.872. The Labute approximate surface area is 182 Å². The third-order valence-corrected chi connectivity index (χ3v) is 5.58. The Morgan fingerprint density at radius 1 is 1.13 bits per heavy atom. The molecule has 3 rings (SSSR count). The molecule has 1 unspecified atom stereocenters. The number of para-hydroxylation sites is 1. The number of carbonyl (C=O) groups is 3. The molecule has 0 aliphatic carbocycles. The first-order valence-corrected chi connectivity index (χ1v) is 10.2. The number of aryl methyl sites for hydroxylation is 1. The van der Waals surface area contributed by atoms with E-state index in [-0.39, 0.29) is 23.7 Å². The van der Waals surface area contributed by atoms with Crippen molar-refractivity contribution < 1.29 is 19.1 Å². The fraction of sp³-hybridized carbons (Fsp3) is 0.320. The van der Waals surface area contributed by atoms with E-state index in [1.807, 2.05) is 43.1 Å². The highest BCUT2D eigenvalue weighted by molar-refractivity contribution is 5.98. The Morgan fingerprint density at radius 2 is 1.84 bits per heavy atom. The van der Waals surface area contributed by atoms with Crippen LogP contribution in [-0.2, 0) is 19.7 Å². The summed E-state index contributed by atoms with van der Waals surface area (Å²) in [6.07, 6.45) is 1.53. The number of anilines is 1. The lowest BCUT2D eigenvalue weighted by atomic mass is 9.83. The van der Waals surface area contributed by atoms with E-state index in [2.05, 4.69) is 25.2 Å². The molecule has 0 radical (unpaired) electrons. The van der Waals surface area contributed by atoms with E-state index in [1.165, 1.54) is 13.0 Å².